The second-order valence-electron chi connectivity index (χ2n) is 4.50. The third kappa shape index (κ3) is 4.71. The highest BCUT2D eigenvalue weighted by molar-refractivity contribution is 7.91. The molecule has 1 aromatic heterocycles. The van der Waals surface area contributed by atoms with Crippen LogP contribution in [0, 0.1) is 5.92 Å². The lowest BCUT2D eigenvalue weighted by atomic mass is 10.2. The van der Waals surface area contributed by atoms with E-state index in [1.54, 1.807) is 11.4 Å². The Hall–Kier alpha value is -0.670. The summed E-state index contributed by atoms with van der Waals surface area (Å²) in [6, 6.07) is 3.10. The molecule has 0 saturated heterocycles. The Morgan fingerprint density at radius 1 is 1.50 bits per heavy atom. The molecule has 1 heterocycles. The largest absolute Gasteiger partial charge is 0.351 e. The zero-order valence-electron chi connectivity index (χ0n) is 10.7. The lowest BCUT2D eigenvalue weighted by molar-refractivity contribution is -0.120. The van der Waals surface area contributed by atoms with Gasteiger partial charge in [0.15, 0.2) is 0 Å². The van der Waals surface area contributed by atoms with Gasteiger partial charge in [-0.25, -0.2) is 13.1 Å². The summed E-state index contributed by atoms with van der Waals surface area (Å²) in [6.45, 7) is 0.123. The van der Waals surface area contributed by atoms with Gasteiger partial charge in [0.1, 0.15) is 4.21 Å². The van der Waals surface area contributed by atoms with Gasteiger partial charge in [0.05, 0.1) is 6.54 Å². The molecule has 0 aliphatic heterocycles. The fourth-order valence-corrected chi connectivity index (χ4v) is 3.79. The Labute approximate surface area is 128 Å². The van der Waals surface area contributed by atoms with Crippen molar-refractivity contribution in [2.75, 3.05) is 13.1 Å². The Bertz CT molecular complexity index is 529. The molecule has 20 heavy (non-hydrogen) atoms. The van der Waals surface area contributed by atoms with Crippen LogP contribution in [-0.4, -0.2) is 33.5 Å². The van der Waals surface area contributed by atoms with E-state index in [-0.39, 0.29) is 35.1 Å². The van der Waals surface area contributed by atoms with Gasteiger partial charge >= 0.3 is 0 Å². The summed E-state index contributed by atoms with van der Waals surface area (Å²) in [4.78, 5) is 11.7. The Kier molecular flexibility index (Phi) is 6.41. The van der Waals surface area contributed by atoms with E-state index in [4.69, 9.17) is 5.73 Å². The minimum Gasteiger partial charge on any atom is -0.351 e. The van der Waals surface area contributed by atoms with Crippen LogP contribution in [0.15, 0.2) is 21.7 Å². The number of carbonyl (C=O) groups excluding carboxylic acids is 1. The quantitative estimate of drug-likeness (QED) is 0.665. The predicted octanol–water partition coefficient (Wildman–Crippen LogP) is 0.302. The summed E-state index contributed by atoms with van der Waals surface area (Å²) in [5, 5.41) is 4.43. The van der Waals surface area contributed by atoms with Crippen LogP contribution in [0.2, 0.25) is 0 Å². The molecule has 0 radical (unpaired) electrons. The van der Waals surface area contributed by atoms with E-state index in [1.807, 2.05) is 0 Å². The number of sulfonamides is 1. The maximum atomic E-state index is 11.8. The van der Waals surface area contributed by atoms with E-state index in [2.05, 4.69) is 10.0 Å². The molecule has 1 amide bonds. The zero-order valence-corrected chi connectivity index (χ0v) is 13.2. The van der Waals surface area contributed by atoms with Gasteiger partial charge in [0.25, 0.3) is 10.0 Å². The molecule has 1 fully saturated rings. The maximum absolute atomic E-state index is 11.8. The standard InChI is InChI=1S/C11H17N3O3S2.ClH/c12-6-9(8-3-4-8)14-10(15)7-13-19(16,17)11-2-1-5-18-11;/h1-2,5,8-9,13H,3-4,6-7,12H2,(H,14,15);1H. The van der Waals surface area contributed by atoms with E-state index in [1.165, 1.54) is 6.07 Å². The number of amides is 1. The topological polar surface area (TPSA) is 101 Å². The summed E-state index contributed by atoms with van der Waals surface area (Å²) in [5.41, 5.74) is 5.57. The van der Waals surface area contributed by atoms with Crippen molar-refractivity contribution in [2.24, 2.45) is 11.7 Å². The normalized spacial score (nSPS) is 16.2. The lowest BCUT2D eigenvalue weighted by Gasteiger charge is -2.16. The van der Waals surface area contributed by atoms with Gasteiger partial charge in [-0.1, -0.05) is 6.07 Å². The number of carbonyl (C=O) groups is 1. The molecule has 0 spiro atoms. The summed E-state index contributed by atoms with van der Waals surface area (Å²) in [7, 11) is -3.58. The SMILES string of the molecule is Cl.NCC(NC(=O)CNS(=O)(=O)c1cccs1)C1CC1. The van der Waals surface area contributed by atoms with E-state index >= 15 is 0 Å². The lowest BCUT2D eigenvalue weighted by Crippen LogP contribution is -2.46. The first-order valence-electron chi connectivity index (χ1n) is 6.05. The molecule has 1 atom stereocenters. The van der Waals surface area contributed by atoms with Gasteiger partial charge in [0, 0.05) is 12.6 Å². The van der Waals surface area contributed by atoms with Crippen molar-refractivity contribution in [1.29, 1.82) is 0 Å². The third-order valence-electron chi connectivity index (χ3n) is 2.97. The second-order valence-corrected chi connectivity index (χ2v) is 7.45. The smallest absolute Gasteiger partial charge is 0.250 e. The highest BCUT2D eigenvalue weighted by Crippen LogP contribution is 2.32. The van der Waals surface area contributed by atoms with Crippen molar-refractivity contribution in [1.82, 2.24) is 10.0 Å². The monoisotopic (exact) mass is 339 g/mol. The minimum atomic E-state index is -3.58. The molecular formula is C11H18ClN3O3S2. The Balaban J connectivity index is 0.00000200. The summed E-state index contributed by atoms with van der Waals surface area (Å²) in [6.07, 6.45) is 2.14. The van der Waals surface area contributed by atoms with Crippen LogP contribution in [0.1, 0.15) is 12.8 Å². The molecule has 0 aromatic carbocycles. The number of nitrogens with two attached hydrogens (primary N) is 1. The molecule has 9 heteroatoms. The van der Waals surface area contributed by atoms with Gasteiger partial charge in [-0.05, 0) is 30.2 Å². The van der Waals surface area contributed by atoms with Crippen molar-refractivity contribution in [3.05, 3.63) is 17.5 Å². The Morgan fingerprint density at radius 3 is 2.70 bits per heavy atom. The van der Waals surface area contributed by atoms with Crippen molar-refractivity contribution in [3.63, 3.8) is 0 Å². The minimum absolute atomic E-state index is 0. The first-order valence-corrected chi connectivity index (χ1v) is 8.42. The third-order valence-corrected chi connectivity index (χ3v) is 5.77. The molecule has 1 aromatic rings. The first kappa shape index (κ1) is 17.4. The van der Waals surface area contributed by atoms with Crippen LogP contribution in [0.3, 0.4) is 0 Å². The number of halogens is 1. The fraction of sp³-hybridized carbons (Fsp3) is 0.545. The van der Waals surface area contributed by atoms with Crippen molar-refractivity contribution in [2.45, 2.75) is 23.1 Å². The van der Waals surface area contributed by atoms with Crippen LogP contribution in [0.4, 0.5) is 0 Å². The van der Waals surface area contributed by atoms with E-state index in [0.717, 1.165) is 24.2 Å². The molecule has 1 saturated carbocycles. The van der Waals surface area contributed by atoms with Gasteiger partial charge < -0.3 is 11.1 Å². The van der Waals surface area contributed by atoms with Gasteiger partial charge in [-0.15, -0.1) is 23.7 Å². The van der Waals surface area contributed by atoms with E-state index in [9.17, 15) is 13.2 Å². The molecule has 1 unspecified atom stereocenters. The van der Waals surface area contributed by atoms with Crippen LogP contribution in [-0.2, 0) is 14.8 Å². The summed E-state index contributed by atoms with van der Waals surface area (Å²) < 4.78 is 26.1. The average Bonchev–Trinajstić information content (AvgIpc) is 3.06. The van der Waals surface area contributed by atoms with Crippen LogP contribution in [0.25, 0.3) is 0 Å². The number of hydrogen-bond donors (Lipinski definition) is 3. The Morgan fingerprint density at radius 2 is 2.20 bits per heavy atom. The average molecular weight is 340 g/mol. The van der Waals surface area contributed by atoms with Crippen molar-refractivity contribution >= 4 is 39.7 Å². The van der Waals surface area contributed by atoms with Gasteiger partial charge in [-0.2, -0.15) is 0 Å². The molecule has 1 aliphatic carbocycles. The molecule has 1 aliphatic rings. The van der Waals surface area contributed by atoms with Crippen LogP contribution in [0.5, 0.6) is 0 Å². The fourth-order valence-electron chi connectivity index (χ4n) is 1.77. The molecule has 2 rings (SSSR count). The highest BCUT2D eigenvalue weighted by Gasteiger charge is 2.31. The molecule has 0 bridgehead atoms. The van der Waals surface area contributed by atoms with Crippen LogP contribution >= 0.6 is 23.7 Å². The summed E-state index contributed by atoms with van der Waals surface area (Å²) in [5.74, 6) is 0.102. The second kappa shape index (κ2) is 7.37. The number of rotatable bonds is 7. The zero-order chi connectivity index (χ0) is 13.9. The van der Waals surface area contributed by atoms with Gasteiger partial charge in [-0.3, -0.25) is 4.79 Å². The maximum Gasteiger partial charge on any atom is 0.250 e. The predicted molar refractivity (Wildman–Crippen MR) is 80.5 cm³/mol. The van der Waals surface area contributed by atoms with Crippen LogP contribution < -0.4 is 15.8 Å². The van der Waals surface area contributed by atoms with E-state index in [0.29, 0.717) is 12.5 Å². The number of nitrogens with one attached hydrogen (secondary N) is 2. The van der Waals surface area contributed by atoms with E-state index < -0.39 is 10.0 Å². The van der Waals surface area contributed by atoms with Crippen molar-refractivity contribution in [3.8, 4) is 0 Å². The molecular weight excluding hydrogens is 322 g/mol. The highest BCUT2D eigenvalue weighted by atomic mass is 35.5. The van der Waals surface area contributed by atoms with Crippen molar-refractivity contribution < 1.29 is 13.2 Å². The number of hydrogen-bond acceptors (Lipinski definition) is 5. The molecule has 6 nitrogen and oxygen atoms in total. The number of thiophene rings is 1. The summed E-state index contributed by atoms with van der Waals surface area (Å²) >= 11 is 1.11. The van der Waals surface area contributed by atoms with Gasteiger partial charge in [0.2, 0.25) is 5.91 Å². The first-order chi connectivity index (χ1) is 9.03. The molecule has 114 valence electrons. The molecule has 4 N–H and O–H groups in total.